The normalized spacial score (nSPS) is 40.3. The zero-order valence-corrected chi connectivity index (χ0v) is 12.3. The van der Waals surface area contributed by atoms with Crippen LogP contribution in [0.15, 0.2) is 0 Å². The monoisotopic (exact) mass is 263 g/mol. The van der Waals surface area contributed by atoms with Crippen molar-refractivity contribution in [2.45, 2.75) is 59.3 Å². The van der Waals surface area contributed by atoms with Gasteiger partial charge in [-0.2, -0.15) is 0 Å². The van der Waals surface area contributed by atoms with Crippen molar-refractivity contribution in [2.24, 2.45) is 28.6 Å². The zero-order valence-electron chi connectivity index (χ0n) is 12.3. The third-order valence-corrected chi connectivity index (χ3v) is 5.43. The largest absolute Gasteiger partial charge is 0.296 e. The Labute approximate surface area is 115 Å². The maximum atomic E-state index is 12.6. The fourth-order valence-corrected chi connectivity index (χ4v) is 4.81. The Bertz CT molecular complexity index is 384. The van der Waals surface area contributed by atoms with Crippen molar-refractivity contribution < 1.29 is 9.59 Å². The van der Waals surface area contributed by atoms with Crippen LogP contribution in [0, 0.1) is 28.6 Å². The van der Waals surface area contributed by atoms with Gasteiger partial charge in [0.25, 0.3) is 0 Å². The molecule has 3 heteroatoms. The summed E-state index contributed by atoms with van der Waals surface area (Å²) >= 11 is 0. The van der Waals surface area contributed by atoms with Crippen LogP contribution in [0.1, 0.15) is 59.3 Å². The first-order valence-electron chi connectivity index (χ1n) is 7.64. The van der Waals surface area contributed by atoms with Crippen LogP contribution >= 0.6 is 0 Å². The fraction of sp³-hybridized carbons (Fsp3) is 0.875. The van der Waals surface area contributed by atoms with Crippen molar-refractivity contribution in [1.82, 2.24) is 5.32 Å². The molecule has 0 aromatic carbocycles. The highest BCUT2D eigenvalue weighted by Gasteiger charge is 2.55. The van der Waals surface area contributed by atoms with Crippen LogP contribution in [-0.4, -0.2) is 11.8 Å². The third kappa shape index (κ3) is 2.21. The standard InChI is InChI=1S/C16H25NO2/c1-15(2,3)13(18)17-14(19)16-7-10-4-11(8-16)6-12(5-10)9-16/h10-12H,4-9H2,1-3H3,(H,17,18,19). The summed E-state index contributed by atoms with van der Waals surface area (Å²) in [5.74, 6) is 2.10. The van der Waals surface area contributed by atoms with Crippen molar-refractivity contribution in [3.63, 3.8) is 0 Å². The molecule has 4 fully saturated rings. The first-order chi connectivity index (χ1) is 8.78. The molecular weight excluding hydrogens is 238 g/mol. The highest BCUT2D eigenvalue weighted by molar-refractivity contribution is 6.00. The van der Waals surface area contributed by atoms with Gasteiger partial charge in [-0.1, -0.05) is 20.8 Å². The van der Waals surface area contributed by atoms with Gasteiger partial charge in [-0.15, -0.1) is 0 Å². The maximum Gasteiger partial charge on any atom is 0.232 e. The van der Waals surface area contributed by atoms with E-state index in [1.165, 1.54) is 19.3 Å². The van der Waals surface area contributed by atoms with E-state index < -0.39 is 5.41 Å². The molecule has 19 heavy (non-hydrogen) atoms. The number of carbonyl (C=O) groups excluding carboxylic acids is 2. The maximum absolute atomic E-state index is 12.6. The summed E-state index contributed by atoms with van der Waals surface area (Å²) in [6, 6.07) is 0. The number of rotatable bonds is 1. The lowest BCUT2D eigenvalue weighted by atomic mass is 9.49. The summed E-state index contributed by atoms with van der Waals surface area (Å²) in [5.41, 5.74) is -0.701. The molecule has 0 aromatic heterocycles. The smallest absolute Gasteiger partial charge is 0.232 e. The summed E-state index contributed by atoms with van der Waals surface area (Å²) in [6.07, 6.45) is 7.01. The van der Waals surface area contributed by atoms with Gasteiger partial charge >= 0.3 is 0 Å². The lowest BCUT2D eigenvalue weighted by Crippen LogP contribution is -2.55. The second-order valence-corrected chi connectivity index (χ2v) is 8.23. The number of hydrogen-bond acceptors (Lipinski definition) is 2. The van der Waals surface area contributed by atoms with Crippen molar-refractivity contribution in [3.8, 4) is 0 Å². The molecule has 0 aromatic rings. The summed E-state index contributed by atoms with van der Waals surface area (Å²) in [6.45, 7) is 5.57. The van der Waals surface area contributed by atoms with E-state index in [4.69, 9.17) is 0 Å². The predicted molar refractivity (Wildman–Crippen MR) is 73.2 cm³/mol. The Morgan fingerprint density at radius 3 is 1.74 bits per heavy atom. The quantitative estimate of drug-likeness (QED) is 0.790. The van der Waals surface area contributed by atoms with Crippen LogP contribution in [0.3, 0.4) is 0 Å². The second kappa shape index (κ2) is 4.07. The van der Waals surface area contributed by atoms with E-state index in [-0.39, 0.29) is 17.2 Å². The lowest BCUT2D eigenvalue weighted by molar-refractivity contribution is -0.151. The average Bonchev–Trinajstić information content (AvgIpc) is 2.25. The minimum atomic E-state index is -0.488. The highest BCUT2D eigenvalue weighted by Crippen LogP contribution is 2.60. The van der Waals surface area contributed by atoms with Crippen molar-refractivity contribution in [1.29, 1.82) is 0 Å². The number of hydrogen-bond donors (Lipinski definition) is 1. The predicted octanol–water partition coefficient (Wildman–Crippen LogP) is 2.89. The third-order valence-electron chi connectivity index (χ3n) is 5.43. The molecule has 0 spiro atoms. The van der Waals surface area contributed by atoms with Crippen molar-refractivity contribution >= 4 is 11.8 Å². The van der Waals surface area contributed by atoms with Crippen LogP contribution in [-0.2, 0) is 9.59 Å². The van der Waals surface area contributed by atoms with E-state index in [1.807, 2.05) is 20.8 Å². The lowest BCUT2D eigenvalue weighted by Gasteiger charge is -2.55. The Hall–Kier alpha value is -0.860. The first-order valence-corrected chi connectivity index (χ1v) is 7.64. The molecule has 0 unspecified atom stereocenters. The zero-order chi connectivity index (χ0) is 13.8. The van der Waals surface area contributed by atoms with E-state index in [9.17, 15) is 9.59 Å². The van der Waals surface area contributed by atoms with Crippen molar-refractivity contribution in [3.05, 3.63) is 0 Å². The molecule has 0 saturated heterocycles. The van der Waals surface area contributed by atoms with Crippen LogP contribution in [0.2, 0.25) is 0 Å². The van der Waals surface area contributed by atoms with Gasteiger partial charge < -0.3 is 0 Å². The molecule has 4 rings (SSSR count). The van der Waals surface area contributed by atoms with E-state index in [1.54, 1.807) is 0 Å². The van der Waals surface area contributed by atoms with Crippen LogP contribution in [0.25, 0.3) is 0 Å². The Morgan fingerprint density at radius 2 is 1.37 bits per heavy atom. The minimum Gasteiger partial charge on any atom is -0.296 e. The van der Waals surface area contributed by atoms with Crippen molar-refractivity contribution in [2.75, 3.05) is 0 Å². The van der Waals surface area contributed by atoms with E-state index in [0.29, 0.717) is 0 Å². The summed E-state index contributed by atoms with van der Waals surface area (Å²) < 4.78 is 0. The van der Waals surface area contributed by atoms with Crippen LogP contribution in [0.5, 0.6) is 0 Å². The minimum absolute atomic E-state index is 0.0199. The molecule has 4 aliphatic carbocycles. The summed E-state index contributed by atoms with van der Waals surface area (Å²) in [7, 11) is 0. The molecule has 1 N–H and O–H groups in total. The van der Waals surface area contributed by atoms with Gasteiger partial charge in [-0.05, 0) is 56.3 Å². The fourth-order valence-electron chi connectivity index (χ4n) is 4.81. The molecule has 0 atom stereocenters. The van der Waals surface area contributed by atoms with Gasteiger partial charge in [0.15, 0.2) is 0 Å². The molecule has 4 saturated carbocycles. The molecule has 2 amide bonds. The van der Waals surface area contributed by atoms with E-state index in [0.717, 1.165) is 37.0 Å². The van der Waals surface area contributed by atoms with Gasteiger partial charge in [0.1, 0.15) is 0 Å². The topological polar surface area (TPSA) is 46.2 Å². The first kappa shape index (κ1) is 13.1. The Kier molecular flexibility index (Phi) is 2.81. The molecular formula is C16H25NO2. The van der Waals surface area contributed by atoms with E-state index >= 15 is 0 Å². The number of carbonyl (C=O) groups is 2. The highest BCUT2D eigenvalue weighted by atomic mass is 16.2. The van der Waals surface area contributed by atoms with Gasteiger partial charge in [0.05, 0.1) is 5.41 Å². The summed E-state index contributed by atoms with van der Waals surface area (Å²) in [4.78, 5) is 24.7. The molecule has 106 valence electrons. The Morgan fingerprint density at radius 1 is 0.947 bits per heavy atom. The van der Waals surface area contributed by atoms with Crippen LogP contribution in [0.4, 0.5) is 0 Å². The number of imide groups is 1. The van der Waals surface area contributed by atoms with E-state index in [2.05, 4.69) is 5.32 Å². The molecule has 0 aliphatic heterocycles. The average molecular weight is 263 g/mol. The molecule has 0 radical (unpaired) electrons. The second-order valence-electron chi connectivity index (χ2n) is 8.23. The van der Waals surface area contributed by atoms with Gasteiger partial charge in [-0.25, -0.2) is 0 Å². The molecule has 4 aliphatic rings. The molecule has 4 bridgehead atoms. The number of nitrogens with one attached hydrogen (secondary N) is 1. The number of amides is 2. The van der Waals surface area contributed by atoms with Gasteiger partial charge in [0, 0.05) is 5.41 Å². The van der Waals surface area contributed by atoms with Gasteiger partial charge in [-0.3, -0.25) is 14.9 Å². The SMILES string of the molecule is CC(C)(C)C(=O)NC(=O)C12CC3CC(CC(C3)C1)C2. The molecule has 0 heterocycles. The summed E-state index contributed by atoms with van der Waals surface area (Å²) in [5, 5.41) is 2.70. The van der Waals surface area contributed by atoms with Crippen LogP contribution < -0.4 is 5.32 Å². The Balaban J connectivity index is 1.75. The van der Waals surface area contributed by atoms with Gasteiger partial charge in [0.2, 0.25) is 11.8 Å². The molecule has 3 nitrogen and oxygen atoms in total.